The van der Waals surface area contributed by atoms with Crippen molar-refractivity contribution < 1.29 is 9.53 Å². The second-order valence-electron chi connectivity index (χ2n) is 7.26. The van der Waals surface area contributed by atoms with Gasteiger partial charge in [0.15, 0.2) is 5.69 Å². The van der Waals surface area contributed by atoms with Crippen LogP contribution in [0.3, 0.4) is 0 Å². The molecule has 1 aromatic heterocycles. The lowest BCUT2D eigenvalue weighted by atomic mass is 9.92. The van der Waals surface area contributed by atoms with Gasteiger partial charge in [-0.3, -0.25) is 9.59 Å². The molecule has 1 aliphatic rings. The second kappa shape index (κ2) is 9.03. The van der Waals surface area contributed by atoms with Gasteiger partial charge in [0.1, 0.15) is 0 Å². The summed E-state index contributed by atoms with van der Waals surface area (Å²) < 4.78 is 10.4. The lowest BCUT2D eigenvalue weighted by Gasteiger charge is -2.22. The third-order valence-electron chi connectivity index (χ3n) is 5.19. The third kappa shape index (κ3) is 4.83. The lowest BCUT2D eigenvalue weighted by molar-refractivity contribution is 0.0665. The molecule has 3 aromatic rings. The predicted octanol–water partition coefficient (Wildman–Crippen LogP) is 4.21. The van der Waals surface area contributed by atoms with Gasteiger partial charge in [-0.05, 0) is 72.1 Å². The van der Waals surface area contributed by atoms with E-state index in [-0.39, 0.29) is 11.1 Å². The Bertz CT molecular complexity index is 1080. The molecule has 1 amide bonds. The van der Waals surface area contributed by atoms with Gasteiger partial charge in [0.25, 0.3) is 5.91 Å². The number of halogens is 1. The fourth-order valence-electron chi connectivity index (χ4n) is 3.52. The standard InChI is InChI=1S/C22H21ClN2O3S/c23-17-4-1-15(2-5-17)13-24-22(27)20-21(26)18-12-16(3-6-19(18)29-25-20)11-14-7-9-28-10-8-14/h1-6,12,14H,7-11,13H2,(H,24,27). The van der Waals surface area contributed by atoms with Crippen molar-refractivity contribution in [1.29, 1.82) is 0 Å². The van der Waals surface area contributed by atoms with Crippen molar-refractivity contribution in [2.45, 2.75) is 25.8 Å². The van der Waals surface area contributed by atoms with E-state index in [0.717, 1.165) is 48.3 Å². The van der Waals surface area contributed by atoms with Crippen LogP contribution < -0.4 is 10.7 Å². The van der Waals surface area contributed by atoms with Gasteiger partial charge < -0.3 is 10.1 Å². The minimum atomic E-state index is -0.460. The van der Waals surface area contributed by atoms with Gasteiger partial charge in [-0.1, -0.05) is 29.8 Å². The van der Waals surface area contributed by atoms with Crippen LogP contribution in [0.4, 0.5) is 0 Å². The largest absolute Gasteiger partial charge is 0.381 e. The van der Waals surface area contributed by atoms with E-state index in [2.05, 4.69) is 15.8 Å². The van der Waals surface area contributed by atoms with Gasteiger partial charge in [-0.15, -0.1) is 0 Å². The van der Waals surface area contributed by atoms with Crippen LogP contribution in [0.5, 0.6) is 0 Å². The molecule has 7 heteroatoms. The maximum Gasteiger partial charge on any atom is 0.275 e. The number of hydrogen-bond donors (Lipinski definition) is 1. The van der Waals surface area contributed by atoms with Crippen LogP contribution >= 0.6 is 23.1 Å². The summed E-state index contributed by atoms with van der Waals surface area (Å²) in [6.07, 6.45) is 3.00. The Balaban J connectivity index is 1.52. The summed E-state index contributed by atoms with van der Waals surface area (Å²) in [5.41, 5.74) is 1.65. The molecule has 0 atom stereocenters. The number of nitrogens with zero attached hydrogens (tertiary/aromatic N) is 1. The van der Waals surface area contributed by atoms with E-state index in [1.54, 1.807) is 12.1 Å². The number of amides is 1. The molecule has 150 valence electrons. The maximum absolute atomic E-state index is 12.9. The Kier molecular flexibility index (Phi) is 6.23. The van der Waals surface area contributed by atoms with Crippen molar-refractivity contribution in [2.75, 3.05) is 13.2 Å². The normalized spacial score (nSPS) is 14.8. The quantitative estimate of drug-likeness (QED) is 0.661. The SMILES string of the molecule is O=C(NCc1ccc(Cl)cc1)c1nsc2ccc(CC3CCOCC3)cc2c1=O. The molecule has 1 N–H and O–H groups in total. The van der Waals surface area contributed by atoms with Gasteiger partial charge in [0.2, 0.25) is 5.43 Å². The van der Waals surface area contributed by atoms with Gasteiger partial charge in [-0.2, -0.15) is 4.37 Å². The first kappa shape index (κ1) is 20.0. The van der Waals surface area contributed by atoms with Crippen LogP contribution in [0.25, 0.3) is 10.1 Å². The molecular weight excluding hydrogens is 408 g/mol. The van der Waals surface area contributed by atoms with E-state index < -0.39 is 5.91 Å². The summed E-state index contributed by atoms with van der Waals surface area (Å²) in [5.74, 6) is 0.113. The van der Waals surface area contributed by atoms with E-state index in [9.17, 15) is 9.59 Å². The Hall–Kier alpha value is -2.28. The molecular formula is C22H21ClN2O3S. The highest BCUT2D eigenvalue weighted by Crippen LogP contribution is 2.23. The van der Waals surface area contributed by atoms with E-state index in [1.807, 2.05) is 24.3 Å². The molecule has 0 spiro atoms. The molecule has 2 aromatic carbocycles. The molecule has 2 heterocycles. The summed E-state index contributed by atoms with van der Waals surface area (Å²) in [4.78, 5) is 25.5. The van der Waals surface area contributed by atoms with Gasteiger partial charge in [0, 0.05) is 30.2 Å². The number of nitrogens with one attached hydrogen (secondary N) is 1. The number of rotatable bonds is 5. The first-order valence-electron chi connectivity index (χ1n) is 9.63. The van der Waals surface area contributed by atoms with E-state index in [1.165, 1.54) is 11.5 Å². The lowest BCUT2D eigenvalue weighted by Crippen LogP contribution is -2.29. The van der Waals surface area contributed by atoms with Crippen LogP contribution in [-0.2, 0) is 17.7 Å². The molecule has 4 rings (SSSR count). The summed E-state index contributed by atoms with van der Waals surface area (Å²) >= 11 is 7.05. The minimum Gasteiger partial charge on any atom is -0.381 e. The number of carbonyl (C=O) groups is 1. The van der Waals surface area contributed by atoms with Crippen molar-refractivity contribution in [1.82, 2.24) is 9.69 Å². The molecule has 1 fully saturated rings. The molecule has 0 aliphatic carbocycles. The van der Waals surface area contributed by atoms with Crippen LogP contribution in [0.15, 0.2) is 47.3 Å². The molecule has 29 heavy (non-hydrogen) atoms. The van der Waals surface area contributed by atoms with Crippen molar-refractivity contribution >= 4 is 39.1 Å². The monoisotopic (exact) mass is 428 g/mol. The average molecular weight is 429 g/mol. The third-order valence-corrected chi connectivity index (χ3v) is 6.26. The van der Waals surface area contributed by atoms with Crippen LogP contribution in [0, 0.1) is 5.92 Å². The first-order valence-corrected chi connectivity index (χ1v) is 10.8. The van der Waals surface area contributed by atoms with Gasteiger partial charge in [0.05, 0.1) is 4.70 Å². The Morgan fingerprint density at radius 2 is 1.86 bits per heavy atom. The first-order chi connectivity index (χ1) is 14.1. The molecule has 0 saturated carbocycles. The molecule has 5 nitrogen and oxygen atoms in total. The van der Waals surface area contributed by atoms with Gasteiger partial charge >= 0.3 is 0 Å². The summed E-state index contributed by atoms with van der Waals surface area (Å²) in [6.45, 7) is 1.91. The highest BCUT2D eigenvalue weighted by Gasteiger charge is 2.17. The number of fused-ring (bicyclic) bond motifs is 1. The highest BCUT2D eigenvalue weighted by molar-refractivity contribution is 7.12. The summed E-state index contributed by atoms with van der Waals surface area (Å²) in [7, 11) is 0. The topological polar surface area (TPSA) is 68.3 Å². The zero-order valence-corrected chi connectivity index (χ0v) is 17.4. The number of benzene rings is 2. The second-order valence-corrected chi connectivity index (χ2v) is 8.50. The fourth-order valence-corrected chi connectivity index (χ4v) is 4.38. The minimum absolute atomic E-state index is 0.0559. The number of hydrogen-bond acceptors (Lipinski definition) is 5. The Morgan fingerprint density at radius 3 is 2.62 bits per heavy atom. The Morgan fingerprint density at radius 1 is 1.14 bits per heavy atom. The maximum atomic E-state index is 12.9. The van der Waals surface area contributed by atoms with E-state index in [0.29, 0.717) is 22.9 Å². The zero-order valence-electron chi connectivity index (χ0n) is 15.8. The number of carbonyl (C=O) groups excluding carboxylic acids is 1. The fraction of sp³-hybridized carbons (Fsp3) is 0.318. The van der Waals surface area contributed by atoms with Crippen LogP contribution in [-0.4, -0.2) is 23.5 Å². The van der Waals surface area contributed by atoms with Crippen molar-refractivity contribution in [3.05, 3.63) is 74.5 Å². The van der Waals surface area contributed by atoms with Gasteiger partial charge in [-0.25, -0.2) is 0 Å². The highest BCUT2D eigenvalue weighted by atomic mass is 35.5. The number of aromatic nitrogens is 1. The molecule has 1 aliphatic heterocycles. The van der Waals surface area contributed by atoms with Crippen LogP contribution in [0.2, 0.25) is 5.02 Å². The predicted molar refractivity (Wildman–Crippen MR) is 116 cm³/mol. The number of ether oxygens (including phenoxy) is 1. The zero-order chi connectivity index (χ0) is 20.2. The van der Waals surface area contributed by atoms with Crippen molar-refractivity contribution in [3.63, 3.8) is 0 Å². The molecule has 0 radical (unpaired) electrons. The van der Waals surface area contributed by atoms with E-state index in [4.69, 9.17) is 16.3 Å². The van der Waals surface area contributed by atoms with Crippen molar-refractivity contribution in [2.24, 2.45) is 5.92 Å². The smallest absolute Gasteiger partial charge is 0.275 e. The van der Waals surface area contributed by atoms with E-state index >= 15 is 0 Å². The Labute approximate surface area is 177 Å². The van der Waals surface area contributed by atoms with Crippen LogP contribution in [0.1, 0.15) is 34.5 Å². The molecule has 0 unspecified atom stereocenters. The summed E-state index contributed by atoms with van der Waals surface area (Å²) in [6, 6.07) is 13.1. The summed E-state index contributed by atoms with van der Waals surface area (Å²) in [5, 5.41) is 3.97. The average Bonchev–Trinajstić information content (AvgIpc) is 2.74. The molecule has 0 bridgehead atoms. The van der Waals surface area contributed by atoms with Crippen molar-refractivity contribution in [3.8, 4) is 0 Å². The molecule has 1 saturated heterocycles.